The van der Waals surface area contributed by atoms with Crippen molar-refractivity contribution >= 4 is 12.1 Å². The van der Waals surface area contributed by atoms with Crippen LogP contribution in [0.15, 0.2) is 12.1 Å². The lowest BCUT2D eigenvalue weighted by Gasteiger charge is -2.16. The van der Waals surface area contributed by atoms with Crippen molar-refractivity contribution in [2.75, 3.05) is 7.11 Å². The van der Waals surface area contributed by atoms with E-state index in [1.807, 2.05) is 0 Å². The molecular formula is C12H12F3NO4. The molecule has 1 aromatic carbocycles. The lowest BCUT2D eigenvalue weighted by atomic mass is 10.0. The topological polar surface area (TPSA) is 75.6 Å². The Morgan fingerprint density at radius 3 is 2.40 bits per heavy atom. The highest BCUT2D eigenvalue weighted by Gasteiger charge is 2.20. The third-order valence-corrected chi connectivity index (χ3v) is 2.48. The zero-order valence-corrected chi connectivity index (χ0v) is 10.5. The number of carbonyl (C=O) groups excluding carboxylic acids is 1. The van der Waals surface area contributed by atoms with Gasteiger partial charge in [-0.1, -0.05) is 0 Å². The van der Waals surface area contributed by atoms with Gasteiger partial charge in [-0.15, -0.1) is 0 Å². The van der Waals surface area contributed by atoms with Gasteiger partial charge in [-0.25, -0.2) is 18.0 Å². The average Bonchev–Trinajstić information content (AvgIpc) is 2.34. The van der Waals surface area contributed by atoms with Gasteiger partial charge in [0, 0.05) is 12.1 Å². The summed E-state index contributed by atoms with van der Waals surface area (Å²) in [5, 5.41) is 10.9. The Labute approximate surface area is 112 Å². The monoisotopic (exact) mass is 291 g/mol. The predicted octanol–water partition coefficient (Wildman–Crippen LogP) is 1.85. The van der Waals surface area contributed by atoms with Crippen molar-refractivity contribution in [1.29, 1.82) is 0 Å². The zero-order chi connectivity index (χ0) is 15.3. The second kappa shape index (κ2) is 6.78. The first-order valence-electron chi connectivity index (χ1n) is 5.53. The van der Waals surface area contributed by atoms with Crippen molar-refractivity contribution < 1.29 is 32.6 Å². The maximum absolute atomic E-state index is 13.4. The molecule has 5 nitrogen and oxygen atoms in total. The average molecular weight is 291 g/mol. The van der Waals surface area contributed by atoms with Crippen molar-refractivity contribution in [2.45, 2.75) is 18.9 Å². The van der Waals surface area contributed by atoms with E-state index in [2.05, 4.69) is 10.1 Å². The number of alkyl carbamates (subject to hydrolysis) is 1. The van der Waals surface area contributed by atoms with E-state index in [1.54, 1.807) is 0 Å². The first kappa shape index (κ1) is 15.8. The third-order valence-electron chi connectivity index (χ3n) is 2.48. The largest absolute Gasteiger partial charge is 0.481 e. The predicted molar refractivity (Wildman–Crippen MR) is 61.6 cm³/mol. The van der Waals surface area contributed by atoms with E-state index >= 15 is 0 Å². The second-order valence-electron chi connectivity index (χ2n) is 3.99. The van der Waals surface area contributed by atoms with Crippen LogP contribution in [0.1, 0.15) is 12.0 Å². The molecule has 1 amide bonds. The highest BCUT2D eigenvalue weighted by atomic mass is 19.2. The molecule has 0 saturated heterocycles. The number of methoxy groups -OCH3 is 1. The Morgan fingerprint density at radius 2 is 1.85 bits per heavy atom. The van der Waals surface area contributed by atoms with Gasteiger partial charge in [0.2, 0.25) is 0 Å². The Bertz CT molecular complexity index is 522. The van der Waals surface area contributed by atoms with Crippen LogP contribution in [0.2, 0.25) is 0 Å². The standard InChI is InChI=1S/C12H12F3NO4/c1-20-12(19)16-7(4-11(17)18)2-6-3-9(14)10(15)5-8(6)13/h3,5,7H,2,4H2,1H3,(H,16,19)(H,17,18)/t7-/m1/s1. The minimum Gasteiger partial charge on any atom is -0.481 e. The van der Waals surface area contributed by atoms with Crippen molar-refractivity contribution in [3.8, 4) is 0 Å². The number of hydrogen-bond donors (Lipinski definition) is 2. The van der Waals surface area contributed by atoms with Crippen molar-refractivity contribution in [3.05, 3.63) is 35.1 Å². The van der Waals surface area contributed by atoms with Crippen LogP contribution in [0, 0.1) is 17.5 Å². The van der Waals surface area contributed by atoms with Gasteiger partial charge >= 0.3 is 12.1 Å². The Morgan fingerprint density at radius 1 is 1.25 bits per heavy atom. The van der Waals surface area contributed by atoms with Gasteiger partial charge < -0.3 is 15.2 Å². The summed E-state index contributed by atoms with van der Waals surface area (Å²) in [6, 6.07) is -0.0293. The molecule has 110 valence electrons. The number of amides is 1. The van der Waals surface area contributed by atoms with E-state index in [0.29, 0.717) is 12.1 Å². The minimum atomic E-state index is -1.35. The molecule has 1 atom stereocenters. The fourth-order valence-corrected chi connectivity index (χ4v) is 1.60. The van der Waals surface area contributed by atoms with E-state index in [9.17, 15) is 22.8 Å². The summed E-state index contributed by atoms with van der Waals surface area (Å²) >= 11 is 0. The fraction of sp³-hybridized carbons (Fsp3) is 0.333. The Balaban J connectivity index is 2.91. The highest BCUT2D eigenvalue weighted by molar-refractivity contribution is 5.71. The molecule has 0 heterocycles. The summed E-state index contributed by atoms with van der Waals surface area (Å²) in [6.07, 6.45) is -1.74. The lowest BCUT2D eigenvalue weighted by molar-refractivity contribution is -0.137. The number of ether oxygens (including phenoxy) is 1. The summed E-state index contributed by atoms with van der Waals surface area (Å²) in [4.78, 5) is 21.7. The molecule has 0 aliphatic rings. The van der Waals surface area contributed by atoms with E-state index < -0.39 is 42.0 Å². The van der Waals surface area contributed by atoms with Crippen molar-refractivity contribution in [2.24, 2.45) is 0 Å². The molecule has 0 radical (unpaired) electrons. The van der Waals surface area contributed by atoms with E-state index in [-0.39, 0.29) is 12.0 Å². The molecule has 0 aromatic heterocycles. The lowest BCUT2D eigenvalue weighted by Crippen LogP contribution is -2.38. The summed E-state index contributed by atoms with van der Waals surface area (Å²) < 4.78 is 43.6. The normalized spacial score (nSPS) is 11.8. The van der Waals surface area contributed by atoms with Crippen LogP contribution in [0.4, 0.5) is 18.0 Å². The van der Waals surface area contributed by atoms with Crippen LogP contribution in [-0.4, -0.2) is 30.3 Å². The van der Waals surface area contributed by atoms with Gasteiger partial charge in [0.25, 0.3) is 0 Å². The highest BCUT2D eigenvalue weighted by Crippen LogP contribution is 2.16. The molecule has 0 spiro atoms. The summed E-state index contributed by atoms with van der Waals surface area (Å²) in [6.45, 7) is 0. The van der Waals surface area contributed by atoms with Crippen LogP contribution in [0.3, 0.4) is 0 Å². The Kier molecular flexibility index (Phi) is 5.36. The fourth-order valence-electron chi connectivity index (χ4n) is 1.60. The number of rotatable bonds is 5. The van der Waals surface area contributed by atoms with Gasteiger partial charge in [-0.05, 0) is 18.1 Å². The SMILES string of the molecule is COC(=O)N[C@@H](CC(=O)O)Cc1cc(F)c(F)cc1F. The molecule has 1 rings (SSSR count). The molecule has 0 fully saturated rings. The van der Waals surface area contributed by atoms with E-state index in [1.165, 1.54) is 0 Å². The number of hydrogen-bond acceptors (Lipinski definition) is 3. The minimum absolute atomic E-state index is 0.244. The van der Waals surface area contributed by atoms with Gasteiger partial charge in [0.15, 0.2) is 11.6 Å². The maximum Gasteiger partial charge on any atom is 0.407 e. The third kappa shape index (κ3) is 4.45. The molecule has 8 heteroatoms. The molecule has 2 N–H and O–H groups in total. The molecule has 0 aliphatic heterocycles. The molecule has 0 saturated carbocycles. The maximum atomic E-state index is 13.4. The van der Waals surface area contributed by atoms with Crippen LogP contribution in [0.5, 0.6) is 0 Å². The number of benzene rings is 1. The molecule has 0 aliphatic carbocycles. The summed E-state index contributed by atoms with van der Waals surface area (Å²) in [5.41, 5.74) is -0.244. The summed E-state index contributed by atoms with van der Waals surface area (Å²) in [5.74, 6) is -4.86. The van der Waals surface area contributed by atoms with E-state index in [0.717, 1.165) is 7.11 Å². The van der Waals surface area contributed by atoms with Gasteiger partial charge in [-0.3, -0.25) is 4.79 Å². The zero-order valence-electron chi connectivity index (χ0n) is 10.5. The van der Waals surface area contributed by atoms with Crippen LogP contribution in [0.25, 0.3) is 0 Å². The molecule has 0 bridgehead atoms. The molecule has 0 unspecified atom stereocenters. The van der Waals surface area contributed by atoms with Crippen LogP contribution < -0.4 is 5.32 Å². The van der Waals surface area contributed by atoms with Gasteiger partial charge in [-0.2, -0.15) is 0 Å². The number of aliphatic carboxylic acids is 1. The van der Waals surface area contributed by atoms with Crippen LogP contribution in [-0.2, 0) is 16.0 Å². The van der Waals surface area contributed by atoms with E-state index in [4.69, 9.17) is 5.11 Å². The summed E-state index contributed by atoms with van der Waals surface area (Å²) in [7, 11) is 1.07. The second-order valence-corrected chi connectivity index (χ2v) is 3.99. The number of carboxylic acids is 1. The first-order valence-corrected chi connectivity index (χ1v) is 5.53. The number of carbonyl (C=O) groups is 2. The van der Waals surface area contributed by atoms with Crippen molar-refractivity contribution in [1.82, 2.24) is 5.32 Å². The Hall–Kier alpha value is -2.25. The number of halogens is 3. The number of carboxylic acid groups (broad SMARTS) is 1. The number of nitrogens with one attached hydrogen (secondary N) is 1. The van der Waals surface area contributed by atoms with Gasteiger partial charge in [0.1, 0.15) is 5.82 Å². The molecule has 1 aromatic rings. The van der Waals surface area contributed by atoms with Gasteiger partial charge in [0.05, 0.1) is 13.5 Å². The first-order chi connectivity index (χ1) is 9.33. The molecule has 20 heavy (non-hydrogen) atoms. The quantitative estimate of drug-likeness (QED) is 0.812. The smallest absolute Gasteiger partial charge is 0.407 e. The van der Waals surface area contributed by atoms with Crippen LogP contribution >= 0.6 is 0 Å². The molecular weight excluding hydrogens is 279 g/mol. The van der Waals surface area contributed by atoms with Crippen molar-refractivity contribution in [3.63, 3.8) is 0 Å².